The number of pyridine rings is 1. The lowest BCUT2D eigenvalue weighted by molar-refractivity contribution is 0.122. The molecular formula is C18H25N5O2. The maximum atomic E-state index is 12.7. The number of aromatic nitrogens is 3. The second kappa shape index (κ2) is 7.49. The van der Waals surface area contributed by atoms with Gasteiger partial charge >= 0.3 is 0 Å². The van der Waals surface area contributed by atoms with E-state index in [1.54, 1.807) is 10.8 Å². The Bertz CT molecular complexity index is 779. The summed E-state index contributed by atoms with van der Waals surface area (Å²) in [5, 5.41) is 0.596. The predicted molar refractivity (Wildman–Crippen MR) is 97.1 cm³/mol. The standard InChI is InChI=1S/C18H25N5O2/c24-17-15-14-19-18(23-10-12-25-13-11-23)20-16(15)4-7-22(17)9-8-21-5-2-1-3-6-21/h4,7,14H,1-3,5-6,8-13H2. The summed E-state index contributed by atoms with van der Waals surface area (Å²) in [7, 11) is 0. The van der Waals surface area contributed by atoms with Gasteiger partial charge in [0, 0.05) is 38.6 Å². The SMILES string of the molecule is O=c1c2cnc(N3CCOCC3)nc2ccn1CCN1CCCCC1. The Morgan fingerprint density at radius 1 is 1.04 bits per heavy atom. The van der Waals surface area contributed by atoms with Crippen LogP contribution < -0.4 is 10.5 Å². The number of likely N-dealkylation sites (tertiary alicyclic amines) is 1. The van der Waals surface area contributed by atoms with Gasteiger partial charge < -0.3 is 19.1 Å². The summed E-state index contributed by atoms with van der Waals surface area (Å²) in [4.78, 5) is 26.3. The van der Waals surface area contributed by atoms with Gasteiger partial charge in [0.05, 0.1) is 24.1 Å². The highest BCUT2D eigenvalue weighted by molar-refractivity contribution is 5.77. The van der Waals surface area contributed by atoms with Gasteiger partial charge in [-0.1, -0.05) is 6.42 Å². The van der Waals surface area contributed by atoms with E-state index in [-0.39, 0.29) is 5.56 Å². The molecule has 2 aliphatic heterocycles. The number of morpholine rings is 1. The first-order valence-electron chi connectivity index (χ1n) is 9.22. The molecule has 0 N–H and O–H groups in total. The Hall–Kier alpha value is -1.99. The van der Waals surface area contributed by atoms with E-state index in [4.69, 9.17) is 4.74 Å². The zero-order valence-corrected chi connectivity index (χ0v) is 14.6. The summed E-state index contributed by atoms with van der Waals surface area (Å²) in [6.07, 6.45) is 7.41. The molecule has 2 fully saturated rings. The van der Waals surface area contributed by atoms with Crippen molar-refractivity contribution in [3.8, 4) is 0 Å². The number of hydrogen-bond donors (Lipinski definition) is 0. The van der Waals surface area contributed by atoms with Crippen LogP contribution in [0.5, 0.6) is 0 Å². The highest BCUT2D eigenvalue weighted by Gasteiger charge is 2.15. The minimum Gasteiger partial charge on any atom is -0.378 e. The molecule has 2 aromatic heterocycles. The van der Waals surface area contributed by atoms with Gasteiger partial charge in [-0.2, -0.15) is 0 Å². The second-order valence-corrected chi connectivity index (χ2v) is 6.78. The lowest BCUT2D eigenvalue weighted by atomic mass is 10.1. The quantitative estimate of drug-likeness (QED) is 0.829. The van der Waals surface area contributed by atoms with Crippen LogP contribution in [0.2, 0.25) is 0 Å². The molecule has 0 saturated carbocycles. The van der Waals surface area contributed by atoms with E-state index >= 15 is 0 Å². The monoisotopic (exact) mass is 343 g/mol. The maximum absolute atomic E-state index is 12.7. The molecule has 7 heteroatoms. The van der Waals surface area contributed by atoms with Gasteiger partial charge in [-0.25, -0.2) is 9.97 Å². The average molecular weight is 343 g/mol. The van der Waals surface area contributed by atoms with E-state index in [0.717, 1.165) is 44.8 Å². The highest BCUT2D eigenvalue weighted by atomic mass is 16.5. The van der Waals surface area contributed by atoms with Crippen molar-refractivity contribution in [2.24, 2.45) is 0 Å². The summed E-state index contributed by atoms with van der Waals surface area (Å²) in [5.41, 5.74) is 0.721. The zero-order valence-electron chi connectivity index (χ0n) is 14.6. The van der Waals surface area contributed by atoms with Gasteiger partial charge in [0.2, 0.25) is 5.95 Å². The molecule has 25 heavy (non-hydrogen) atoms. The smallest absolute Gasteiger partial charge is 0.261 e. The molecule has 2 aliphatic rings. The fourth-order valence-electron chi connectivity index (χ4n) is 3.58. The molecule has 7 nitrogen and oxygen atoms in total. The zero-order chi connectivity index (χ0) is 17.1. The fraction of sp³-hybridized carbons (Fsp3) is 0.611. The molecule has 4 heterocycles. The Morgan fingerprint density at radius 3 is 2.64 bits per heavy atom. The molecule has 0 aliphatic carbocycles. The van der Waals surface area contributed by atoms with Crippen molar-refractivity contribution < 1.29 is 4.74 Å². The van der Waals surface area contributed by atoms with Crippen LogP contribution in [0.4, 0.5) is 5.95 Å². The molecule has 0 unspecified atom stereocenters. The van der Waals surface area contributed by atoms with E-state index in [9.17, 15) is 4.79 Å². The van der Waals surface area contributed by atoms with Gasteiger partial charge in [-0.05, 0) is 32.0 Å². The number of ether oxygens (including phenoxy) is 1. The molecule has 4 rings (SSSR count). The van der Waals surface area contributed by atoms with E-state index in [1.807, 2.05) is 12.3 Å². The minimum atomic E-state index is 0.00281. The number of hydrogen-bond acceptors (Lipinski definition) is 6. The van der Waals surface area contributed by atoms with Crippen molar-refractivity contribution >= 4 is 16.9 Å². The Balaban J connectivity index is 1.52. The third-order valence-corrected chi connectivity index (χ3v) is 5.11. The van der Waals surface area contributed by atoms with Crippen LogP contribution in [-0.2, 0) is 11.3 Å². The van der Waals surface area contributed by atoms with Gasteiger partial charge in [0.25, 0.3) is 5.56 Å². The first kappa shape index (κ1) is 16.5. The van der Waals surface area contributed by atoms with Crippen LogP contribution in [0.25, 0.3) is 10.9 Å². The van der Waals surface area contributed by atoms with E-state index < -0.39 is 0 Å². The van der Waals surface area contributed by atoms with Crippen molar-refractivity contribution in [2.45, 2.75) is 25.8 Å². The number of fused-ring (bicyclic) bond motifs is 1. The molecule has 0 aromatic carbocycles. The number of rotatable bonds is 4. The largest absolute Gasteiger partial charge is 0.378 e. The Kier molecular flexibility index (Phi) is 4.94. The van der Waals surface area contributed by atoms with Crippen molar-refractivity contribution in [1.29, 1.82) is 0 Å². The molecular weight excluding hydrogens is 318 g/mol. The number of anilines is 1. The second-order valence-electron chi connectivity index (χ2n) is 6.78. The predicted octanol–water partition coefficient (Wildman–Crippen LogP) is 1.11. The number of nitrogens with zero attached hydrogens (tertiary/aromatic N) is 5. The minimum absolute atomic E-state index is 0.00281. The maximum Gasteiger partial charge on any atom is 0.261 e. The molecule has 134 valence electrons. The van der Waals surface area contributed by atoms with Crippen molar-refractivity contribution in [2.75, 3.05) is 50.8 Å². The van der Waals surface area contributed by atoms with E-state index in [2.05, 4.69) is 19.8 Å². The van der Waals surface area contributed by atoms with E-state index in [1.165, 1.54) is 19.3 Å². The first-order valence-corrected chi connectivity index (χ1v) is 9.22. The molecule has 0 atom stereocenters. The summed E-state index contributed by atoms with van der Waals surface area (Å²) in [6, 6.07) is 1.93. The van der Waals surface area contributed by atoms with Gasteiger partial charge in [-0.3, -0.25) is 4.79 Å². The number of piperidine rings is 1. The molecule has 0 spiro atoms. The lowest BCUT2D eigenvalue weighted by Crippen LogP contribution is -2.37. The van der Waals surface area contributed by atoms with Crippen molar-refractivity contribution in [3.05, 3.63) is 28.8 Å². The lowest BCUT2D eigenvalue weighted by Gasteiger charge is -2.27. The van der Waals surface area contributed by atoms with Gasteiger partial charge in [0.1, 0.15) is 0 Å². The van der Waals surface area contributed by atoms with Crippen LogP contribution in [0.15, 0.2) is 23.3 Å². The first-order chi connectivity index (χ1) is 12.3. The molecule has 0 radical (unpaired) electrons. The van der Waals surface area contributed by atoms with Gasteiger partial charge in [0.15, 0.2) is 0 Å². The topological polar surface area (TPSA) is 63.5 Å². The highest BCUT2D eigenvalue weighted by Crippen LogP contribution is 2.14. The summed E-state index contributed by atoms with van der Waals surface area (Å²) < 4.78 is 7.15. The fourth-order valence-corrected chi connectivity index (χ4v) is 3.58. The van der Waals surface area contributed by atoms with Crippen LogP contribution in [0.3, 0.4) is 0 Å². The van der Waals surface area contributed by atoms with Gasteiger partial charge in [-0.15, -0.1) is 0 Å². The van der Waals surface area contributed by atoms with Crippen LogP contribution >= 0.6 is 0 Å². The third-order valence-electron chi connectivity index (χ3n) is 5.11. The molecule has 0 bridgehead atoms. The summed E-state index contributed by atoms with van der Waals surface area (Å²) in [5.74, 6) is 0.682. The molecule has 2 saturated heterocycles. The Morgan fingerprint density at radius 2 is 1.84 bits per heavy atom. The van der Waals surface area contributed by atoms with Crippen LogP contribution in [0, 0.1) is 0 Å². The average Bonchev–Trinajstić information content (AvgIpc) is 2.69. The molecule has 0 amide bonds. The summed E-state index contributed by atoms with van der Waals surface area (Å²) >= 11 is 0. The van der Waals surface area contributed by atoms with Crippen LogP contribution in [0.1, 0.15) is 19.3 Å². The van der Waals surface area contributed by atoms with Crippen molar-refractivity contribution in [1.82, 2.24) is 19.4 Å². The van der Waals surface area contributed by atoms with E-state index in [0.29, 0.717) is 24.5 Å². The molecule has 2 aromatic rings. The van der Waals surface area contributed by atoms with Crippen molar-refractivity contribution in [3.63, 3.8) is 0 Å². The van der Waals surface area contributed by atoms with Crippen LogP contribution in [-0.4, -0.2) is 65.4 Å². The normalized spacial score (nSPS) is 19.4. The Labute approximate surface area is 147 Å². The summed E-state index contributed by atoms with van der Waals surface area (Å²) in [6.45, 7) is 6.91. The third kappa shape index (κ3) is 3.67.